The molecule has 1 heterocycles. The summed E-state index contributed by atoms with van der Waals surface area (Å²) >= 11 is 3.54. The molecule has 3 nitrogen and oxygen atoms in total. The third kappa shape index (κ3) is 3.87. The maximum Gasteiger partial charge on any atom is 0.143 e. The fourth-order valence-corrected chi connectivity index (χ4v) is 2.52. The Bertz CT molecular complexity index is 351. The standard InChI is InChI=1S/C13H22BrN3/c1-4-10(5-2)9-17(6-3)13-12(14)7-11(15)8-16-13/h7-8,10H,4-6,9,15H2,1-3H3. The highest BCUT2D eigenvalue weighted by Crippen LogP contribution is 2.26. The van der Waals surface area contributed by atoms with E-state index in [1.54, 1.807) is 6.20 Å². The van der Waals surface area contributed by atoms with Gasteiger partial charge in [0.15, 0.2) is 0 Å². The molecule has 1 aromatic rings. The maximum absolute atomic E-state index is 5.71. The minimum absolute atomic E-state index is 0.694. The predicted molar refractivity (Wildman–Crippen MR) is 78.3 cm³/mol. The Hall–Kier alpha value is -0.770. The lowest BCUT2D eigenvalue weighted by atomic mass is 10.0. The fourth-order valence-electron chi connectivity index (χ4n) is 1.90. The van der Waals surface area contributed by atoms with Crippen LogP contribution in [-0.2, 0) is 0 Å². The predicted octanol–water partition coefficient (Wildman–Crippen LogP) is 3.69. The molecule has 0 radical (unpaired) electrons. The molecule has 0 atom stereocenters. The van der Waals surface area contributed by atoms with Crippen LogP contribution in [0.15, 0.2) is 16.7 Å². The van der Waals surface area contributed by atoms with Gasteiger partial charge in [-0.1, -0.05) is 26.7 Å². The van der Waals surface area contributed by atoms with E-state index < -0.39 is 0 Å². The van der Waals surface area contributed by atoms with Crippen molar-refractivity contribution in [1.82, 2.24) is 4.98 Å². The molecular formula is C13H22BrN3. The third-order valence-electron chi connectivity index (χ3n) is 3.16. The van der Waals surface area contributed by atoms with Crippen LogP contribution in [0.4, 0.5) is 11.5 Å². The molecule has 4 heteroatoms. The summed E-state index contributed by atoms with van der Waals surface area (Å²) in [5, 5.41) is 0. The van der Waals surface area contributed by atoms with Crippen molar-refractivity contribution in [1.29, 1.82) is 0 Å². The second-order valence-corrected chi connectivity index (χ2v) is 5.15. The number of nitrogen functional groups attached to an aromatic ring is 1. The molecule has 0 unspecified atom stereocenters. The first kappa shape index (κ1) is 14.3. The smallest absolute Gasteiger partial charge is 0.143 e. The molecule has 0 spiro atoms. The Kier molecular flexibility index (Phi) is 5.75. The van der Waals surface area contributed by atoms with Crippen LogP contribution in [-0.4, -0.2) is 18.1 Å². The van der Waals surface area contributed by atoms with Gasteiger partial charge in [0.2, 0.25) is 0 Å². The van der Waals surface area contributed by atoms with Crippen molar-refractivity contribution < 1.29 is 0 Å². The van der Waals surface area contributed by atoms with Crippen molar-refractivity contribution in [2.24, 2.45) is 5.92 Å². The van der Waals surface area contributed by atoms with Crippen LogP contribution in [0.5, 0.6) is 0 Å². The van der Waals surface area contributed by atoms with Crippen LogP contribution in [0.25, 0.3) is 0 Å². The van der Waals surface area contributed by atoms with E-state index in [0.29, 0.717) is 5.69 Å². The normalized spacial score (nSPS) is 10.9. The van der Waals surface area contributed by atoms with Gasteiger partial charge in [0.05, 0.1) is 16.4 Å². The SMILES string of the molecule is CCC(CC)CN(CC)c1ncc(N)cc1Br. The van der Waals surface area contributed by atoms with Gasteiger partial charge in [-0.05, 0) is 34.8 Å². The highest BCUT2D eigenvalue weighted by Gasteiger charge is 2.14. The average Bonchev–Trinajstić information content (AvgIpc) is 2.32. The Morgan fingerprint density at radius 1 is 1.35 bits per heavy atom. The Balaban J connectivity index is 2.85. The summed E-state index contributed by atoms with van der Waals surface area (Å²) in [7, 11) is 0. The molecule has 0 saturated carbocycles. The fraction of sp³-hybridized carbons (Fsp3) is 0.615. The topological polar surface area (TPSA) is 42.2 Å². The van der Waals surface area contributed by atoms with E-state index in [1.807, 2.05) is 6.07 Å². The molecule has 1 rings (SSSR count). The van der Waals surface area contributed by atoms with Gasteiger partial charge < -0.3 is 10.6 Å². The Labute approximate surface area is 113 Å². The number of anilines is 2. The first-order valence-electron chi connectivity index (χ1n) is 6.28. The molecule has 0 bridgehead atoms. The van der Waals surface area contributed by atoms with Crippen LogP contribution < -0.4 is 10.6 Å². The number of aromatic nitrogens is 1. The molecule has 0 aromatic carbocycles. The van der Waals surface area contributed by atoms with Gasteiger partial charge in [-0.3, -0.25) is 0 Å². The molecule has 0 fully saturated rings. The number of hydrogen-bond donors (Lipinski definition) is 1. The van der Waals surface area contributed by atoms with Crippen molar-refractivity contribution in [2.75, 3.05) is 23.7 Å². The molecule has 0 aliphatic heterocycles. The summed E-state index contributed by atoms with van der Waals surface area (Å²) in [6, 6.07) is 1.91. The van der Waals surface area contributed by atoms with Gasteiger partial charge in [-0.15, -0.1) is 0 Å². The van der Waals surface area contributed by atoms with E-state index in [9.17, 15) is 0 Å². The quantitative estimate of drug-likeness (QED) is 0.871. The molecule has 0 aliphatic rings. The van der Waals surface area contributed by atoms with Gasteiger partial charge >= 0.3 is 0 Å². The lowest BCUT2D eigenvalue weighted by molar-refractivity contribution is 0.484. The van der Waals surface area contributed by atoms with E-state index in [4.69, 9.17) is 5.73 Å². The van der Waals surface area contributed by atoms with E-state index in [0.717, 1.165) is 29.3 Å². The second kappa shape index (κ2) is 6.84. The van der Waals surface area contributed by atoms with Gasteiger partial charge in [-0.25, -0.2) is 4.98 Å². The summed E-state index contributed by atoms with van der Waals surface area (Å²) < 4.78 is 0.977. The second-order valence-electron chi connectivity index (χ2n) is 4.30. The molecule has 0 amide bonds. The summed E-state index contributed by atoms with van der Waals surface area (Å²) in [6.07, 6.45) is 4.13. The number of halogens is 1. The summed E-state index contributed by atoms with van der Waals surface area (Å²) in [5.41, 5.74) is 6.41. The molecule has 0 aliphatic carbocycles. The first-order valence-corrected chi connectivity index (χ1v) is 7.07. The van der Waals surface area contributed by atoms with Crippen LogP contribution >= 0.6 is 15.9 Å². The Morgan fingerprint density at radius 3 is 2.47 bits per heavy atom. The van der Waals surface area contributed by atoms with Crippen LogP contribution in [0.1, 0.15) is 33.6 Å². The monoisotopic (exact) mass is 299 g/mol. The van der Waals surface area contributed by atoms with Crippen molar-refractivity contribution in [3.8, 4) is 0 Å². The van der Waals surface area contributed by atoms with Gasteiger partial charge in [0, 0.05) is 13.1 Å². The van der Waals surface area contributed by atoms with Gasteiger partial charge in [0.1, 0.15) is 5.82 Å². The minimum Gasteiger partial charge on any atom is -0.397 e. The lowest BCUT2D eigenvalue weighted by Crippen LogP contribution is -2.30. The highest BCUT2D eigenvalue weighted by atomic mass is 79.9. The van der Waals surface area contributed by atoms with Crippen molar-refractivity contribution in [2.45, 2.75) is 33.6 Å². The molecule has 2 N–H and O–H groups in total. The first-order chi connectivity index (χ1) is 8.12. The average molecular weight is 300 g/mol. The summed E-state index contributed by atoms with van der Waals surface area (Å²) in [6.45, 7) is 8.67. The molecular weight excluding hydrogens is 278 g/mol. The molecule has 1 aromatic heterocycles. The minimum atomic E-state index is 0.694. The van der Waals surface area contributed by atoms with E-state index in [1.165, 1.54) is 12.8 Å². The van der Waals surface area contributed by atoms with Crippen molar-refractivity contribution in [3.05, 3.63) is 16.7 Å². The number of pyridine rings is 1. The third-order valence-corrected chi connectivity index (χ3v) is 3.74. The highest BCUT2D eigenvalue weighted by molar-refractivity contribution is 9.10. The molecule has 0 saturated heterocycles. The van der Waals surface area contributed by atoms with E-state index >= 15 is 0 Å². The summed E-state index contributed by atoms with van der Waals surface area (Å²) in [5.74, 6) is 1.72. The van der Waals surface area contributed by atoms with Crippen LogP contribution in [0, 0.1) is 5.92 Å². The maximum atomic E-state index is 5.71. The molecule has 96 valence electrons. The molecule has 17 heavy (non-hydrogen) atoms. The van der Waals surface area contributed by atoms with Crippen LogP contribution in [0.2, 0.25) is 0 Å². The number of nitrogens with two attached hydrogens (primary N) is 1. The number of rotatable bonds is 6. The Morgan fingerprint density at radius 2 is 2.00 bits per heavy atom. The van der Waals surface area contributed by atoms with Gasteiger partial charge in [0.25, 0.3) is 0 Å². The zero-order chi connectivity index (χ0) is 12.8. The van der Waals surface area contributed by atoms with Crippen molar-refractivity contribution in [3.63, 3.8) is 0 Å². The number of hydrogen-bond acceptors (Lipinski definition) is 3. The van der Waals surface area contributed by atoms with E-state index in [2.05, 4.69) is 46.6 Å². The van der Waals surface area contributed by atoms with Gasteiger partial charge in [-0.2, -0.15) is 0 Å². The lowest BCUT2D eigenvalue weighted by Gasteiger charge is -2.27. The largest absolute Gasteiger partial charge is 0.397 e. The zero-order valence-corrected chi connectivity index (χ0v) is 12.5. The van der Waals surface area contributed by atoms with E-state index in [-0.39, 0.29) is 0 Å². The zero-order valence-electron chi connectivity index (χ0n) is 10.9. The number of nitrogens with zero attached hydrogens (tertiary/aromatic N) is 2. The van der Waals surface area contributed by atoms with Crippen LogP contribution in [0.3, 0.4) is 0 Å². The van der Waals surface area contributed by atoms with Crippen molar-refractivity contribution >= 4 is 27.4 Å². The summed E-state index contributed by atoms with van der Waals surface area (Å²) in [4.78, 5) is 6.73.